The topological polar surface area (TPSA) is 42.0 Å². The molecule has 3 rings (SSSR count). The number of carbonyl (C=O) groups excluding carboxylic acids is 1. The molecule has 0 unspecified atom stereocenters. The highest BCUT2D eigenvalue weighted by atomic mass is 16.1. The van der Waals surface area contributed by atoms with Gasteiger partial charge >= 0.3 is 0 Å². The van der Waals surface area contributed by atoms with Crippen molar-refractivity contribution in [1.82, 2.24) is 10.3 Å². The lowest BCUT2D eigenvalue weighted by molar-refractivity contribution is -0.121. The lowest BCUT2D eigenvalue weighted by atomic mass is 9.96. The molecule has 1 aromatic heterocycles. The Kier molecular flexibility index (Phi) is 5.44. The summed E-state index contributed by atoms with van der Waals surface area (Å²) in [5.74, 6) is 0.113. The maximum atomic E-state index is 11.9. The Morgan fingerprint density at radius 3 is 2.60 bits per heavy atom. The third-order valence-electron chi connectivity index (χ3n) is 4.50. The van der Waals surface area contributed by atoms with E-state index in [1.54, 1.807) is 0 Å². The van der Waals surface area contributed by atoms with Gasteiger partial charge in [0.2, 0.25) is 5.91 Å². The number of carbonyl (C=O) groups is 1. The molecule has 0 saturated carbocycles. The predicted octanol–water partition coefficient (Wildman–Crippen LogP) is 5.02. The van der Waals surface area contributed by atoms with Crippen LogP contribution in [0.2, 0.25) is 0 Å². The lowest BCUT2D eigenvalue weighted by Crippen LogP contribution is -2.22. The molecular formula is C22H24N2O. The van der Waals surface area contributed by atoms with Crippen molar-refractivity contribution in [2.75, 3.05) is 0 Å². The summed E-state index contributed by atoms with van der Waals surface area (Å²) in [6, 6.07) is 14.8. The number of fused-ring (bicyclic) bond motifs is 1. The first-order valence-electron chi connectivity index (χ1n) is 8.88. The number of nitrogens with one attached hydrogen (secondary N) is 1. The summed E-state index contributed by atoms with van der Waals surface area (Å²) in [5, 5.41) is 5.29. The van der Waals surface area contributed by atoms with E-state index in [0.717, 1.165) is 23.8 Å². The van der Waals surface area contributed by atoms with Crippen molar-refractivity contribution in [3.05, 3.63) is 66.0 Å². The summed E-state index contributed by atoms with van der Waals surface area (Å²) in [6.07, 6.45) is 6.27. The molecule has 1 amide bonds. The number of aromatic nitrogens is 1. The minimum absolute atomic E-state index is 0.113. The number of hydrogen-bond acceptors (Lipinski definition) is 2. The zero-order valence-electron chi connectivity index (χ0n) is 14.9. The first kappa shape index (κ1) is 17.2. The molecule has 1 N–H and O–H groups in total. The number of nitrogens with zero attached hydrogens (tertiary/aromatic N) is 1. The van der Waals surface area contributed by atoms with E-state index in [0.29, 0.717) is 13.0 Å². The fourth-order valence-corrected chi connectivity index (χ4v) is 3.01. The van der Waals surface area contributed by atoms with Crippen LogP contribution in [0.1, 0.15) is 37.3 Å². The Balaban J connectivity index is 1.91. The highest BCUT2D eigenvalue weighted by molar-refractivity contribution is 5.98. The van der Waals surface area contributed by atoms with Gasteiger partial charge < -0.3 is 5.32 Å². The van der Waals surface area contributed by atoms with Crippen molar-refractivity contribution in [2.45, 2.75) is 39.7 Å². The summed E-state index contributed by atoms with van der Waals surface area (Å²) in [6.45, 7) is 4.73. The third-order valence-corrected chi connectivity index (χ3v) is 4.50. The van der Waals surface area contributed by atoms with Crippen LogP contribution in [0.3, 0.4) is 0 Å². The average molecular weight is 332 g/mol. The quantitative estimate of drug-likeness (QED) is 0.689. The Morgan fingerprint density at radius 1 is 1.04 bits per heavy atom. The van der Waals surface area contributed by atoms with Crippen LogP contribution in [-0.4, -0.2) is 10.9 Å². The van der Waals surface area contributed by atoms with E-state index in [1.165, 1.54) is 22.1 Å². The first-order valence-corrected chi connectivity index (χ1v) is 8.88. The molecule has 0 aliphatic carbocycles. The predicted molar refractivity (Wildman–Crippen MR) is 103 cm³/mol. The molecule has 0 saturated heterocycles. The summed E-state index contributed by atoms with van der Waals surface area (Å²) in [4.78, 5) is 16.2. The number of aryl methyl sites for hydroxylation is 1. The summed E-state index contributed by atoms with van der Waals surface area (Å²) in [5.41, 5.74) is 4.74. The molecule has 0 aliphatic heterocycles. The second kappa shape index (κ2) is 7.93. The molecule has 0 fully saturated rings. The van der Waals surface area contributed by atoms with Crippen LogP contribution in [-0.2, 0) is 11.3 Å². The molecule has 3 nitrogen and oxygen atoms in total. The summed E-state index contributed by atoms with van der Waals surface area (Å²) >= 11 is 0. The standard InChI is InChI=1S/C22H24N2O/c1-3-4-5-22(25)24-14-18-10-11-19(17-8-6-16(2)7-9-17)20-12-13-23-15-21(18)20/h6-13,15H,3-5,14H2,1-2H3,(H,24,25). The van der Waals surface area contributed by atoms with Crippen molar-refractivity contribution in [1.29, 1.82) is 0 Å². The summed E-state index contributed by atoms with van der Waals surface area (Å²) in [7, 11) is 0. The van der Waals surface area contributed by atoms with E-state index in [9.17, 15) is 4.79 Å². The first-order chi connectivity index (χ1) is 12.2. The van der Waals surface area contributed by atoms with Gasteiger partial charge in [-0.2, -0.15) is 0 Å². The molecule has 25 heavy (non-hydrogen) atoms. The van der Waals surface area contributed by atoms with Crippen LogP contribution in [0.15, 0.2) is 54.9 Å². The molecule has 0 spiro atoms. The van der Waals surface area contributed by atoms with Crippen LogP contribution < -0.4 is 5.32 Å². The van der Waals surface area contributed by atoms with E-state index < -0.39 is 0 Å². The normalized spacial score (nSPS) is 10.8. The highest BCUT2D eigenvalue weighted by Gasteiger charge is 2.09. The average Bonchev–Trinajstić information content (AvgIpc) is 2.65. The van der Waals surface area contributed by atoms with Gasteiger partial charge in [0.05, 0.1) is 0 Å². The van der Waals surface area contributed by atoms with Gasteiger partial charge in [-0.05, 0) is 41.5 Å². The largest absolute Gasteiger partial charge is 0.352 e. The van der Waals surface area contributed by atoms with E-state index in [1.807, 2.05) is 18.5 Å². The zero-order chi connectivity index (χ0) is 17.6. The maximum Gasteiger partial charge on any atom is 0.220 e. The van der Waals surface area contributed by atoms with Crippen molar-refractivity contribution < 1.29 is 4.79 Å². The fourth-order valence-electron chi connectivity index (χ4n) is 3.01. The van der Waals surface area contributed by atoms with E-state index >= 15 is 0 Å². The third kappa shape index (κ3) is 4.05. The van der Waals surface area contributed by atoms with Crippen LogP contribution >= 0.6 is 0 Å². The molecule has 2 aromatic carbocycles. The summed E-state index contributed by atoms with van der Waals surface area (Å²) < 4.78 is 0. The van der Waals surface area contributed by atoms with Gasteiger partial charge in [-0.1, -0.05) is 55.3 Å². The number of rotatable bonds is 6. The smallest absolute Gasteiger partial charge is 0.220 e. The van der Waals surface area contributed by atoms with Gasteiger partial charge in [0.15, 0.2) is 0 Å². The Morgan fingerprint density at radius 2 is 1.84 bits per heavy atom. The fraction of sp³-hybridized carbons (Fsp3) is 0.273. The molecule has 0 atom stereocenters. The van der Waals surface area contributed by atoms with E-state index in [2.05, 4.69) is 60.5 Å². The monoisotopic (exact) mass is 332 g/mol. The Labute approximate surface area is 149 Å². The van der Waals surface area contributed by atoms with Crippen LogP contribution in [0.25, 0.3) is 21.9 Å². The lowest BCUT2D eigenvalue weighted by Gasteiger charge is -2.12. The van der Waals surface area contributed by atoms with Gasteiger partial charge in [0, 0.05) is 30.7 Å². The highest BCUT2D eigenvalue weighted by Crippen LogP contribution is 2.30. The van der Waals surface area contributed by atoms with Gasteiger partial charge in [-0.3, -0.25) is 9.78 Å². The molecular weight excluding hydrogens is 308 g/mol. The van der Waals surface area contributed by atoms with Crippen molar-refractivity contribution in [3.63, 3.8) is 0 Å². The van der Waals surface area contributed by atoms with Gasteiger partial charge in [-0.25, -0.2) is 0 Å². The van der Waals surface area contributed by atoms with Gasteiger partial charge in [0.1, 0.15) is 0 Å². The number of benzene rings is 2. The van der Waals surface area contributed by atoms with Crippen molar-refractivity contribution >= 4 is 16.7 Å². The van der Waals surface area contributed by atoms with Crippen molar-refractivity contribution in [3.8, 4) is 11.1 Å². The molecule has 3 heteroatoms. The van der Waals surface area contributed by atoms with E-state index in [-0.39, 0.29) is 5.91 Å². The number of hydrogen-bond donors (Lipinski definition) is 1. The molecule has 0 bridgehead atoms. The maximum absolute atomic E-state index is 11.9. The van der Waals surface area contributed by atoms with Crippen LogP contribution in [0.4, 0.5) is 0 Å². The van der Waals surface area contributed by atoms with E-state index in [4.69, 9.17) is 0 Å². The second-order valence-electron chi connectivity index (χ2n) is 6.44. The van der Waals surface area contributed by atoms with Gasteiger partial charge in [0.25, 0.3) is 0 Å². The van der Waals surface area contributed by atoms with Crippen LogP contribution in [0.5, 0.6) is 0 Å². The van der Waals surface area contributed by atoms with Crippen LogP contribution in [0, 0.1) is 6.92 Å². The Hall–Kier alpha value is -2.68. The number of amides is 1. The van der Waals surface area contributed by atoms with Crippen molar-refractivity contribution in [2.24, 2.45) is 0 Å². The molecule has 1 heterocycles. The van der Waals surface area contributed by atoms with Gasteiger partial charge in [-0.15, -0.1) is 0 Å². The second-order valence-corrected chi connectivity index (χ2v) is 6.44. The zero-order valence-corrected chi connectivity index (χ0v) is 14.9. The molecule has 0 aliphatic rings. The minimum atomic E-state index is 0.113. The molecule has 3 aromatic rings. The minimum Gasteiger partial charge on any atom is -0.352 e. The SMILES string of the molecule is CCCCC(=O)NCc1ccc(-c2ccc(C)cc2)c2ccncc12. The Bertz CT molecular complexity index is 869. The molecule has 128 valence electrons. The number of pyridine rings is 1. The molecule has 0 radical (unpaired) electrons. The number of unbranched alkanes of at least 4 members (excludes halogenated alkanes) is 1.